The van der Waals surface area contributed by atoms with Gasteiger partial charge in [-0.05, 0) is 49.1 Å². The van der Waals surface area contributed by atoms with Crippen molar-refractivity contribution in [1.29, 1.82) is 0 Å². The largest absolute Gasteiger partial charge is 0.467 e. The molecule has 0 aliphatic carbocycles. The lowest BCUT2D eigenvalue weighted by Gasteiger charge is -2.28. The zero-order valence-electron chi connectivity index (χ0n) is 22.3. The summed E-state index contributed by atoms with van der Waals surface area (Å²) in [4.78, 5) is 15.3. The van der Waals surface area contributed by atoms with Crippen LogP contribution in [0.1, 0.15) is 69.6 Å². The zero-order chi connectivity index (χ0) is 26.8. The van der Waals surface area contributed by atoms with Gasteiger partial charge in [0, 0.05) is 19.7 Å². The average Bonchev–Trinajstić information content (AvgIpc) is 3.68. The van der Waals surface area contributed by atoms with Gasteiger partial charge >= 0.3 is 0 Å². The van der Waals surface area contributed by atoms with Gasteiger partial charge in [-0.25, -0.2) is 8.42 Å². The Kier molecular flexibility index (Phi) is 10.5. The number of nitrogens with zero attached hydrogens (tertiary/aromatic N) is 2. The first kappa shape index (κ1) is 28.4. The van der Waals surface area contributed by atoms with Crippen molar-refractivity contribution in [1.82, 2.24) is 9.21 Å². The molecule has 38 heavy (non-hydrogen) atoms. The molecule has 0 N–H and O–H groups in total. The molecule has 1 amide bonds. The topological polar surface area (TPSA) is 98.5 Å². The number of amides is 1. The smallest absolute Gasteiger partial charge is 0.238 e. The van der Waals surface area contributed by atoms with Gasteiger partial charge in [-0.1, -0.05) is 45.1 Å². The number of rotatable bonds is 16. The molecular formula is C28H40N2O7S. The highest BCUT2D eigenvalue weighted by Gasteiger charge is 2.31. The molecule has 1 saturated heterocycles. The Bertz CT molecular complexity index is 1110. The molecular weight excluding hydrogens is 508 g/mol. The molecule has 1 unspecified atom stereocenters. The highest BCUT2D eigenvalue weighted by atomic mass is 32.2. The van der Waals surface area contributed by atoms with Crippen LogP contribution < -0.4 is 9.47 Å². The van der Waals surface area contributed by atoms with Crippen LogP contribution in [0.15, 0.2) is 41.0 Å². The molecule has 1 aromatic heterocycles. The zero-order valence-corrected chi connectivity index (χ0v) is 23.1. The van der Waals surface area contributed by atoms with Crippen LogP contribution in [0.3, 0.4) is 0 Å². The van der Waals surface area contributed by atoms with Gasteiger partial charge in [-0.15, -0.1) is 0 Å². The number of unbranched alkanes of at least 4 members (excludes halogenated alkanes) is 5. The van der Waals surface area contributed by atoms with Gasteiger partial charge < -0.3 is 23.5 Å². The highest BCUT2D eigenvalue weighted by Crippen LogP contribution is 2.33. The number of carbonyl (C=O) groups excluding carboxylic acids is 1. The predicted molar refractivity (Wildman–Crippen MR) is 143 cm³/mol. The fourth-order valence-electron chi connectivity index (χ4n) is 4.82. The third-order valence-corrected chi connectivity index (χ3v) is 8.85. The summed E-state index contributed by atoms with van der Waals surface area (Å²) < 4.78 is 50.3. The Labute approximate surface area is 226 Å². The molecule has 0 radical (unpaired) electrons. The number of ether oxygens (including phenoxy) is 3. The summed E-state index contributed by atoms with van der Waals surface area (Å²) in [6.45, 7) is 3.42. The molecule has 2 aliphatic rings. The first-order valence-electron chi connectivity index (χ1n) is 13.7. The fraction of sp³-hybridized carbons (Fsp3) is 0.607. The summed E-state index contributed by atoms with van der Waals surface area (Å²) in [5.74, 6) is 1.68. The summed E-state index contributed by atoms with van der Waals surface area (Å²) in [5, 5.41) is 0. The number of carbonyl (C=O) groups is 1. The van der Waals surface area contributed by atoms with E-state index in [0.29, 0.717) is 30.3 Å². The van der Waals surface area contributed by atoms with Crippen molar-refractivity contribution in [2.24, 2.45) is 0 Å². The number of benzene rings is 1. The molecule has 3 heterocycles. The minimum absolute atomic E-state index is 0.0411. The van der Waals surface area contributed by atoms with E-state index in [1.807, 2.05) is 18.2 Å². The van der Waals surface area contributed by atoms with Gasteiger partial charge in [0.1, 0.15) is 5.76 Å². The molecule has 9 nitrogen and oxygen atoms in total. The lowest BCUT2D eigenvalue weighted by atomic mass is 10.1. The van der Waals surface area contributed by atoms with Crippen LogP contribution in [0.2, 0.25) is 0 Å². The number of sulfonamides is 1. The minimum Gasteiger partial charge on any atom is -0.467 e. The maximum atomic E-state index is 13.7. The molecule has 10 heteroatoms. The van der Waals surface area contributed by atoms with Crippen LogP contribution >= 0.6 is 0 Å². The van der Waals surface area contributed by atoms with Crippen molar-refractivity contribution >= 4 is 15.9 Å². The Hall–Kier alpha value is -2.56. The highest BCUT2D eigenvalue weighted by molar-refractivity contribution is 7.89. The number of fused-ring (bicyclic) bond motifs is 1. The van der Waals surface area contributed by atoms with E-state index in [-0.39, 0.29) is 50.7 Å². The van der Waals surface area contributed by atoms with Crippen molar-refractivity contribution in [3.63, 3.8) is 0 Å². The summed E-state index contributed by atoms with van der Waals surface area (Å²) in [5.41, 5.74) is 0.856. The normalized spacial score (nSPS) is 16.8. The first-order valence-corrected chi connectivity index (χ1v) is 15.3. The fourth-order valence-corrected chi connectivity index (χ4v) is 6.35. The van der Waals surface area contributed by atoms with E-state index in [1.54, 1.807) is 23.3 Å². The predicted octanol–water partition coefficient (Wildman–Crippen LogP) is 4.71. The third kappa shape index (κ3) is 8.22. The van der Waals surface area contributed by atoms with Gasteiger partial charge in [0.05, 0.1) is 31.2 Å². The van der Waals surface area contributed by atoms with Crippen molar-refractivity contribution < 1.29 is 31.8 Å². The maximum Gasteiger partial charge on any atom is 0.238 e. The summed E-state index contributed by atoms with van der Waals surface area (Å²) >= 11 is 0. The molecule has 0 spiro atoms. The standard InChI is InChI=1S/C28H40N2O7S/c1-2-3-4-5-6-7-16-38(32,33)30(20-25-11-9-15-35-25)21-28(31)29(19-24-10-8-14-34-24)18-23-12-13-26-27(17-23)37-22-36-26/h8,10,12-14,17,25H,2-7,9,11,15-16,18-22H2,1H3. The van der Waals surface area contributed by atoms with E-state index in [1.165, 1.54) is 10.7 Å². The van der Waals surface area contributed by atoms with Gasteiger partial charge in [-0.2, -0.15) is 4.31 Å². The third-order valence-electron chi connectivity index (χ3n) is 6.98. The first-order chi connectivity index (χ1) is 18.4. The minimum atomic E-state index is -3.63. The van der Waals surface area contributed by atoms with Gasteiger partial charge in [0.15, 0.2) is 11.5 Å². The Morgan fingerprint density at radius 2 is 1.84 bits per heavy atom. The van der Waals surface area contributed by atoms with E-state index < -0.39 is 10.0 Å². The summed E-state index contributed by atoms with van der Waals surface area (Å²) in [6, 6.07) is 9.13. The lowest BCUT2D eigenvalue weighted by Crippen LogP contribution is -2.46. The maximum absolute atomic E-state index is 13.7. The molecule has 1 atom stereocenters. The van der Waals surface area contributed by atoms with Crippen LogP contribution in [-0.4, -0.2) is 61.9 Å². The van der Waals surface area contributed by atoms with Crippen LogP contribution in [-0.2, 0) is 32.6 Å². The molecule has 0 saturated carbocycles. The van der Waals surface area contributed by atoms with Crippen LogP contribution in [0.25, 0.3) is 0 Å². The molecule has 2 aromatic rings. The van der Waals surface area contributed by atoms with Gasteiger partial charge in [0.2, 0.25) is 22.7 Å². The monoisotopic (exact) mass is 548 g/mol. The summed E-state index contributed by atoms with van der Waals surface area (Å²) in [6.07, 6.45) is 9.00. The Balaban J connectivity index is 1.46. The second kappa shape index (κ2) is 14.0. The van der Waals surface area contributed by atoms with Crippen LogP contribution in [0.5, 0.6) is 11.5 Å². The van der Waals surface area contributed by atoms with Crippen molar-refractivity contribution in [3.05, 3.63) is 47.9 Å². The van der Waals surface area contributed by atoms with Crippen LogP contribution in [0, 0.1) is 0 Å². The van der Waals surface area contributed by atoms with Gasteiger partial charge in [-0.3, -0.25) is 4.79 Å². The van der Waals surface area contributed by atoms with Crippen molar-refractivity contribution in [3.8, 4) is 11.5 Å². The quantitative estimate of drug-likeness (QED) is 0.280. The molecule has 2 aliphatic heterocycles. The van der Waals surface area contributed by atoms with Crippen molar-refractivity contribution in [2.75, 3.05) is 32.2 Å². The van der Waals surface area contributed by atoms with Gasteiger partial charge in [0.25, 0.3) is 0 Å². The number of hydrogen-bond acceptors (Lipinski definition) is 7. The summed E-state index contributed by atoms with van der Waals surface area (Å²) in [7, 11) is -3.63. The van der Waals surface area contributed by atoms with Crippen molar-refractivity contribution in [2.45, 2.75) is 77.5 Å². The SMILES string of the molecule is CCCCCCCCS(=O)(=O)N(CC(=O)N(Cc1ccc2c(c1)OCO2)Cc1ccco1)CC1CCCO1. The second-order valence-electron chi connectivity index (χ2n) is 10.0. The van der Waals surface area contributed by atoms with E-state index in [9.17, 15) is 13.2 Å². The average molecular weight is 549 g/mol. The molecule has 1 fully saturated rings. The van der Waals surface area contributed by atoms with E-state index in [2.05, 4.69) is 6.92 Å². The molecule has 210 valence electrons. The number of furan rings is 1. The number of hydrogen-bond donors (Lipinski definition) is 0. The Morgan fingerprint density at radius 1 is 1.03 bits per heavy atom. The second-order valence-corrected chi connectivity index (χ2v) is 12.1. The molecule has 4 rings (SSSR count). The van der Waals surface area contributed by atoms with Crippen LogP contribution in [0.4, 0.5) is 0 Å². The van der Waals surface area contributed by atoms with E-state index in [4.69, 9.17) is 18.6 Å². The lowest BCUT2D eigenvalue weighted by molar-refractivity contribution is -0.133. The van der Waals surface area contributed by atoms with E-state index in [0.717, 1.165) is 44.1 Å². The molecule has 1 aromatic carbocycles. The molecule has 0 bridgehead atoms. The van der Waals surface area contributed by atoms with E-state index >= 15 is 0 Å². The Morgan fingerprint density at radius 3 is 2.61 bits per heavy atom.